The minimum absolute atomic E-state index is 0.496. The average Bonchev–Trinajstić information content (AvgIpc) is 3.40. The van der Waals surface area contributed by atoms with E-state index in [9.17, 15) is 0 Å². The van der Waals surface area contributed by atoms with Crippen molar-refractivity contribution in [1.29, 1.82) is 0 Å². The summed E-state index contributed by atoms with van der Waals surface area (Å²) in [6, 6.07) is 1.86. The molecule has 10 heteroatoms. The molecule has 3 aromatic rings. The number of guanidine groups is 1. The first-order valence-electron chi connectivity index (χ1n) is 9.45. The topological polar surface area (TPSA) is 100.0 Å². The number of aromatic nitrogens is 5. The lowest BCUT2D eigenvalue weighted by Crippen LogP contribution is -2.45. The Morgan fingerprint density at radius 1 is 1.46 bits per heavy atom. The van der Waals surface area contributed by atoms with Crippen LogP contribution in [-0.2, 0) is 6.54 Å². The molecule has 1 aliphatic heterocycles. The van der Waals surface area contributed by atoms with Crippen molar-refractivity contribution in [2.24, 2.45) is 10.9 Å². The van der Waals surface area contributed by atoms with Gasteiger partial charge in [0.15, 0.2) is 11.8 Å². The first-order chi connectivity index (χ1) is 13.7. The van der Waals surface area contributed by atoms with Crippen molar-refractivity contribution in [2.75, 3.05) is 38.6 Å². The average molecular weight is 383 g/mol. The Morgan fingerprint density at radius 3 is 3.21 bits per heavy atom. The third-order valence-electron chi connectivity index (χ3n) is 5.03. The molecule has 0 bridgehead atoms. The zero-order chi connectivity index (χ0) is 19.3. The van der Waals surface area contributed by atoms with Crippen LogP contribution in [0.1, 0.15) is 18.5 Å². The Hall–Kier alpha value is -3.17. The number of fused-ring (bicyclic) bond motifs is 1. The summed E-state index contributed by atoms with van der Waals surface area (Å²) in [7, 11) is 3.79. The number of hydrogen-bond acceptors (Lipinski definition) is 7. The minimum atomic E-state index is 0.496. The second kappa shape index (κ2) is 8.24. The van der Waals surface area contributed by atoms with Crippen molar-refractivity contribution >= 4 is 17.4 Å². The van der Waals surface area contributed by atoms with Crippen LogP contribution in [0.25, 0.3) is 5.65 Å². The van der Waals surface area contributed by atoms with Crippen LogP contribution in [0.2, 0.25) is 0 Å². The maximum Gasteiger partial charge on any atom is 0.203 e. The molecule has 10 nitrogen and oxygen atoms in total. The van der Waals surface area contributed by atoms with Gasteiger partial charge in [0.1, 0.15) is 18.3 Å². The monoisotopic (exact) mass is 383 g/mol. The number of rotatable bonds is 5. The molecule has 0 amide bonds. The van der Waals surface area contributed by atoms with E-state index in [2.05, 4.69) is 35.5 Å². The molecule has 4 rings (SSSR count). The fourth-order valence-corrected chi connectivity index (χ4v) is 3.65. The zero-order valence-corrected chi connectivity index (χ0v) is 16.2. The van der Waals surface area contributed by atoms with Crippen molar-refractivity contribution in [3.63, 3.8) is 0 Å². The molecule has 148 valence electrons. The highest BCUT2D eigenvalue weighted by atomic mass is 16.5. The fourth-order valence-electron chi connectivity index (χ4n) is 3.65. The maximum absolute atomic E-state index is 4.90. The highest BCUT2D eigenvalue weighted by molar-refractivity contribution is 5.79. The number of hydrogen-bond donors (Lipinski definition) is 1. The van der Waals surface area contributed by atoms with Crippen LogP contribution in [0.15, 0.2) is 40.6 Å². The quantitative estimate of drug-likeness (QED) is 0.515. The van der Waals surface area contributed by atoms with Gasteiger partial charge in [0.05, 0.1) is 6.54 Å². The summed E-state index contributed by atoms with van der Waals surface area (Å²) >= 11 is 0. The Labute approximate surface area is 163 Å². The summed E-state index contributed by atoms with van der Waals surface area (Å²) in [6.07, 6.45) is 9.25. The second-order valence-electron chi connectivity index (χ2n) is 7.04. The molecule has 1 unspecified atom stereocenters. The van der Waals surface area contributed by atoms with E-state index in [1.807, 2.05) is 28.6 Å². The van der Waals surface area contributed by atoms with E-state index in [0.717, 1.165) is 49.2 Å². The Balaban J connectivity index is 1.36. The van der Waals surface area contributed by atoms with Crippen LogP contribution < -0.4 is 10.2 Å². The Morgan fingerprint density at radius 2 is 2.39 bits per heavy atom. The van der Waals surface area contributed by atoms with Crippen LogP contribution in [0.4, 0.5) is 5.82 Å². The zero-order valence-electron chi connectivity index (χ0n) is 16.2. The van der Waals surface area contributed by atoms with Crippen LogP contribution >= 0.6 is 0 Å². The third kappa shape index (κ3) is 3.90. The van der Waals surface area contributed by atoms with Gasteiger partial charge in [-0.2, -0.15) is 0 Å². The fraction of sp³-hybridized carbons (Fsp3) is 0.500. The van der Waals surface area contributed by atoms with E-state index in [4.69, 9.17) is 4.52 Å². The molecular weight excluding hydrogens is 358 g/mol. The molecule has 0 saturated carbocycles. The van der Waals surface area contributed by atoms with E-state index in [1.54, 1.807) is 25.8 Å². The molecule has 28 heavy (non-hydrogen) atoms. The van der Waals surface area contributed by atoms with Crippen molar-refractivity contribution in [1.82, 2.24) is 35.0 Å². The van der Waals surface area contributed by atoms with Crippen molar-refractivity contribution in [2.45, 2.75) is 19.4 Å². The predicted octanol–water partition coefficient (Wildman–Crippen LogP) is 1.04. The molecule has 1 saturated heterocycles. The van der Waals surface area contributed by atoms with Gasteiger partial charge in [-0.05, 0) is 18.8 Å². The minimum Gasteiger partial charge on any atom is -0.364 e. The van der Waals surface area contributed by atoms with Gasteiger partial charge in [0.2, 0.25) is 5.65 Å². The van der Waals surface area contributed by atoms with Gasteiger partial charge in [-0.1, -0.05) is 5.16 Å². The molecular formula is C18H25N9O. The molecule has 1 fully saturated rings. The third-order valence-corrected chi connectivity index (χ3v) is 5.03. The van der Waals surface area contributed by atoms with Crippen LogP contribution in [0, 0.1) is 5.92 Å². The van der Waals surface area contributed by atoms with Gasteiger partial charge < -0.3 is 19.6 Å². The molecule has 0 spiro atoms. The maximum atomic E-state index is 4.90. The van der Waals surface area contributed by atoms with Crippen molar-refractivity contribution in [3.8, 4) is 0 Å². The summed E-state index contributed by atoms with van der Waals surface area (Å²) in [5.41, 5.74) is 1.68. The largest absolute Gasteiger partial charge is 0.364 e. The van der Waals surface area contributed by atoms with Crippen LogP contribution in [0.3, 0.4) is 0 Å². The smallest absolute Gasteiger partial charge is 0.203 e. The second-order valence-corrected chi connectivity index (χ2v) is 7.04. The van der Waals surface area contributed by atoms with Gasteiger partial charge in [-0.25, -0.2) is 4.98 Å². The highest BCUT2D eigenvalue weighted by Crippen LogP contribution is 2.23. The molecule has 0 aromatic carbocycles. The van der Waals surface area contributed by atoms with Gasteiger partial charge in [0.25, 0.3) is 0 Å². The summed E-state index contributed by atoms with van der Waals surface area (Å²) in [5, 5.41) is 15.7. The number of piperidine rings is 1. The summed E-state index contributed by atoms with van der Waals surface area (Å²) in [6.45, 7) is 3.40. The molecule has 3 aromatic heterocycles. The lowest BCUT2D eigenvalue weighted by atomic mass is 9.98. The van der Waals surface area contributed by atoms with E-state index in [0.29, 0.717) is 12.5 Å². The molecule has 4 heterocycles. The first-order valence-corrected chi connectivity index (χ1v) is 9.45. The number of nitrogens with one attached hydrogen (secondary N) is 1. The molecule has 0 radical (unpaired) electrons. The van der Waals surface area contributed by atoms with Crippen LogP contribution in [0.5, 0.6) is 0 Å². The molecule has 1 atom stereocenters. The summed E-state index contributed by atoms with van der Waals surface area (Å²) in [5.74, 6) is 2.24. The van der Waals surface area contributed by atoms with Gasteiger partial charge in [-0.3, -0.25) is 9.39 Å². The molecule has 0 aliphatic carbocycles. The van der Waals surface area contributed by atoms with E-state index >= 15 is 0 Å². The lowest BCUT2D eigenvalue weighted by molar-refractivity contribution is 0.381. The standard InChI is InChI=1S/C18H25N9O/c1-19-18(25(2)12-15-5-9-28-24-15)21-10-14-4-3-7-26(11-14)16-17-23-22-13-27(17)8-6-20-16/h5-6,8-9,13-14H,3-4,7,10-12H2,1-2H3,(H,19,21). The predicted molar refractivity (Wildman–Crippen MR) is 105 cm³/mol. The Bertz CT molecular complexity index is 920. The van der Waals surface area contributed by atoms with Gasteiger partial charge in [-0.15, -0.1) is 10.2 Å². The van der Waals surface area contributed by atoms with Crippen molar-refractivity contribution < 1.29 is 4.52 Å². The Kier molecular flexibility index (Phi) is 5.36. The summed E-state index contributed by atoms with van der Waals surface area (Å²) < 4.78 is 6.81. The van der Waals surface area contributed by atoms with E-state index < -0.39 is 0 Å². The van der Waals surface area contributed by atoms with Crippen molar-refractivity contribution in [3.05, 3.63) is 36.7 Å². The normalized spacial score (nSPS) is 17.9. The van der Waals surface area contributed by atoms with Gasteiger partial charge >= 0.3 is 0 Å². The highest BCUT2D eigenvalue weighted by Gasteiger charge is 2.23. The number of aliphatic imine (C=N–C) groups is 1. The molecule has 1 aliphatic rings. The van der Waals surface area contributed by atoms with E-state index in [-0.39, 0.29) is 0 Å². The molecule has 1 N–H and O–H groups in total. The van der Waals surface area contributed by atoms with E-state index in [1.165, 1.54) is 6.42 Å². The van der Waals surface area contributed by atoms with Gasteiger partial charge in [0, 0.05) is 52.2 Å². The van der Waals surface area contributed by atoms with Crippen LogP contribution in [-0.4, -0.2) is 69.3 Å². The number of nitrogens with zero attached hydrogens (tertiary/aromatic N) is 8. The number of anilines is 1. The first kappa shape index (κ1) is 18.2. The SMILES string of the molecule is CN=C(NCC1CCCN(c2nccn3cnnc23)C1)N(C)Cc1ccon1. The summed E-state index contributed by atoms with van der Waals surface area (Å²) in [4.78, 5) is 13.3. The lowest BCUT2D eigenvalue weighted by Gasteiger charge is -2.34.